The Balaban J connectivity index is 2.31. The van der Waals surface area contributed by atoms with Crippen molar-refractivity contribution in [3.63, 3.8) is 0 Å². The van der Waals surface area contributed by atoms with Gasteiger partial charge in [-0.25, -0.2) is 4.39 Å². The first-order chi connectivity index (χ1) is 10.2. The van der Waals surface area contributed by atoms with Gasteiger partial charge in [-0.2, -0.15) is 0 Å². The Morgan fingerprint density at radius 3 is 2.14 bits per heavy atom. The van der Waals surface area contributed by atoms with E-state index in [1.54, 1.807) is 0 Å². The van der Waals surface area contributed by atoms with E-state index in [0.717, 1.165) is 18.2 Å². The van der Waals surface area contributed by atoms with E-state index in [-0.39, 0.29) is 15.6 Å². The summed E-state index contributed by atoms with van der Waals surface area (Å²) < 4.78 is 53.9. The number of hydrogen-bond acceptors (Lipinski definition) is 2. The number of benzene rings is 2. The van der Waals surface area contributed by atoms with Crippen LogP contribution in [-0.2, 0) is 0 Å². The quantitative estimate of drug-likeness (QED) is 0.616. The standard InChI is InChI=1S/C14H9Cl2F4NO/c15-9-5-6-10(17)11(12(9)16)13(21)7-1-3-8(4-2-7)22-14(18,19)20/h1-6,13H,21H2/t13-/m1/s1. The normalized spacial score (nSPS) is 13.0. The lowest BCUT2D eigenvalue weighted by Gasteiger charge is -2.16. The summed E-state index contributed by atoms with van der Waals surface area (Å²) in [4.78, 5) is 0. The van der Waals surface area contributed by atoms with Crippen LogP contribution in [0.4, 0.5) is 17.6 Å². The highest BCUT2D eigenvalue weighted by atomic mass is 35.5. The first-order valence-electron chi connectivity index (χ1n) is 5.93. The third-order valence-electron chi connectivity index (χ3n) is 2.86. The Hall–Kier alpha value is -1.50. The molecule has 22 heavy (non-hydrogen) atoms. The van der Waals surface area contributed by atoms with Crippen LogP contribution in [0.2, 0.25) is 10.0 Å². The molecule has 0 aromatic heterocycles. The van der Waals surface area contributed by atoms with Crippen molar-refractivity contribution in [2.24, 2.45) is 5.73 Å². The van der Waals surface area contributed by atoms with Crippen molar-refractivity contribution in [1.29, 1.82) is 0 Å². The highest BCUT2D eigenvalue weighted by Crippen LogP contribution is 2.34. The molecule has 118 valence electrons. The molecule has 0 amide bonds. The van der Waals surface area contributed by atoms with Crippen LogP contribution in [0.5, 0.6) is 5.75 Å². The summed E-state index contributed by atoms with van der Waals surface area (Å²) in [7, 11) is 0. The number of ether oxygens (including phenoxy) is 1. The van der Waals surface area contributed by atoms with Gasteiger partial charge >= 0.3 is 6.36 Å². The van der Waals surface area contributed by atoms with E-state index in [2.05, 4.69) is 4.74 Å². The molecule has 2 aromatic carbocycles. The second-order valence-corrected chi connectivity index (χ2v) is 5.14. The van der Waals surface area contributed by atoms with Gasteiger partial charge in [-0.05, 0) is 29.8 Å². The van der Waals surface area contributed by atoms with Gasteiger partial charge < -0.3 is 10.5 Å². The predicted octanol–water partition coefficient (Wildman–Crippen LogP) is 5.08. The topological polar surface area (TPSA) is 35.2 Å². The number of hydrogen-bond donors (Lipinski definition) is 1. The molecule has 0 radical (unpaired) electrons. The van der Waals surface area contributed by atoms with Crippen molar-refractivity contribution in [2.45, 2.75) is 12.4 Å². The third kappa shape index (κ3) is 3.82. The minimum atomic E-state index is -4.79. The summed E-state index contributed by atoms with van der Waals surface area (Å²) in [6.45, 7) is 0. The third-order valence-corrected chi connectivity index (χ3v) is 3.68. The van der Waals surface area contributed by atoms with Gasteiger partial charge in [0.25, 0.3) is 0 Å². The van der Waals surface area contributed by atoms with E-state index in [4.69, 9.17) is 28.9 Å². The van der Waals surface area contributed by atoms with Crippen LogP contribution >= 0.6 is 23.2 Å². The molecule has 0 unspecified atom stereocenters. The van der Waals surface area contributed by atoms with Gasteiger partial charge in [0.05, 0.1) is 16.1 Å². The molecular weight excluding hydrogens is 345 g/mol. The molecular formula is C14H9Cl2F4NO. The van der Waals surface area contributed by atoms with Gasteiger partial charge in [0, 0.05) is 5.56 Å². The minimum absolute atomic E-state index is 0.0290. The molecule has 0 aliphatic heterocycles. The number of rotatable bonds is 3. The average molecular weight is 354 g/mol. The van der Waals surface area contributed by atoms with Gasteiger partial charge in [0.15, 0.2) is 0 Å². The van der Waals surface area contributed by atoms with E-state index >= 15 is 0 Å². The second-order valence-electron chi connectivity index (χ2n) is 4.35. The molecule has 2 nitrogen and oxygen atoms in total. The zero-order valence-electron chi connectivity index (χ0n) is 10.8. The van der Waals surface area contributed by atoms with Crippen molar-refractivity contribution < 1.29 is 22.3 Å². The lowest BCUT2D eigenvalue weighted by Crippen LogP contribution is -2.17. The van der Waals surface area contributed by atoms with Gasteiger partial charge in [0.1, 0.15) is 11.6 Å². The van der Waals surface area contributed by atoms with Crippen LogP contribution in [0.3, 0.4) is 0 Å². The highest BCUT2D eigenvalue weighted by molar-refractivity contribution is 6.42. The summed E-state index contributed by atoms with van der Waals surface area (Å²) in [5.41, 5.74) is 6.25. The lowest BCUT2D eigenvalue weighted by atomic mass is 9.99. The smallest absolute Gasteiger partial charge is 0.406 e. The zero-order valence-corrected chi connectivity index (χ0v) is 12.3. The SMILES string of the molecule is N[C@H](c1ccc(OC(F)(F)F)cc1)c1c(F)ccc(Cl)c1Cl. The first-order valence-corrected chi connectivity index (χ1v) is 6.69. The fourth-order valence-corrected chi connectivity index (χ4v) is 2.31. The van der Waals surface area contributed by atoms with Crippen LogP contribution in [0, 0.1) is 5.82 Å². The largest absolute Gasteiger partial charge is 0.573 e. The van der Waals surface area contributed by atoms with Gasteiger partial charge in [0.2, 0.25) is 0 Å². The molecule has 0 fully saturated rings. The lowest BCUT2D eigenvalue weighted by molar-refractivity contribution is -0.274. The predicted molar refractivity (Wildman–Crippen MR) is 75.6 cm³/mol. The Morgan fingerprint density at radius 2 is 1.59 bits per heavy atom. The van der Waals surface area contributed by atoms with Crippen molar-refractivity contribution >= 4 is 23.2 Å². The van der Waals surface area contributed by atoms with Crippen LogP contribution in [0.1, 0.15) is 17.2 Å². The summed E-state index contributed by atoms with van der Waals surface area (Å²) in [5.74, 6) is -1.06. The van der Waals surface area contributed by atoms with Crippen molar-refractivity contribution in [3.8, 4) is 5.75 Å². The summed E-state index contributed by atoms with van der Waals surface area (Å²) in [5, 5.41) is 0.0929. The van der Waals surface area contributed by atoms with Crippen molar-refractivity contribution in [3.05, 3.63) is 63.4 Å². The maximum absolute atomic E-state index is 13.9. The van der Waals surface area contributed by atoms with Crippen LogP contribution in [0.15, 0.2) is 36.4 Å². The molecule has 2 N–H and O–H groups in total. The van der Waals surface area contributed by atoms with E-state index in [9.17, 15) is 17.6 Å². The number of halogens is 6. The molecule has 2 aromatic rings. The molecule has 2 rings (SSSR count). The number of nitrogens with two attached hydrogens (primary N) is 1. The van der Waals surface area contributed by atoms with E-state index in [0.29, 0.717) is 5.56 Å². The van der Waals surface area contributed by atoms with Crippen molar-refractivity contribution in [1.82, 2.24) is 0 Å². The maximum atomic E-state index is 13.9. The van der Waals surface area contributed by atoms with E-state index < -0.39 is 24.0 Å². The molecule has 0 saturated carbocycles. The molecule has 0 saturated heterocycles. The molecule has 1 atom stereocenters. The molecule has 8 heteroatoms. The average Bonchev–Trinajstić information content (AvgIpc) is 2.42. The van der Waals surface area contributed by atoms with Crippen molar-refractivity contribution in [2.75, 3.05) is 0 Å². The highest BCUT2D eigenvalue weighted by Gasteiger charge is 2.31. The van der Waals surface area contributed by atoms with Crippen LogP contribution < -0.4 is 10.5 Å². The zero-order chi connectivity index (χ0) is 16.5. The fraction of sp³-hybridized carbons (Fsp3) is 0.143. The molecule has 0 heterocycles. The molecule has 0 aliphatic carbocycles. The minimum Gasteiger partial charge on any atom is -0.406 e. The van der Waals surface area contributed by atoms with E-state index in [1.165, 1.54) is 18.2 Å². The van der Waals surface area contributed by atoms with Gasteiger partial charge in [-0.1, -0.05) is 35.3 Å². The maximum Gasteiger partial charge on any atom is 0.573 e. The second kappa shape index (κ2) is 6.32. The van der Waals surface area contributed by atoms with Crippen LogP contribution in [0.25, 0.3) is 0 Å². The molecule has 0 aliphatic rings. The Morgan fingerprint density at radius 1 is 1.00 bits per heavy atom. The molecule has 0 spiro atoms. The fourth-order valence-electron chi connectivity index (χ4n) is 1.87. The van der Waals surface area contributed by atoms with Gasteiger partial charge in [-0.15, -0.1) is 13.2 Å². The van der Waals surface area contributed by atoms with E-state index in [1.807, 2.05) is 0 Å². The number of alkyl halides is 3. The summed E-state index contributed by atoms with van der Waals surface area (Å²) in [6.07, 6.45) is -4.79. The molecule has 0 bridgehead atoms. The summed E-state index contributed by atoms with van der Waals surface area (Å²) in [6, 6.07) is 6.18. The Kier molecular flexibility index (Phi) is 4.84. The van der Waals surface area contributed by atoms with Gasteiger partial charge in [-0.3, -0.25) is 0 Å². The Bertz CT molecular complexity index is 674. The monoisotopic (exact) mass is 353 g/mol. The summed E-state index contributed by atoms with van der Waals surface area (Å²) >= 11 is 11.8. The Labute approximate surface area is 133 Å². The first kappa shape index (κ1) is 16.9. The van der Waals surface area contributed by atoms with Crippen LogP contribution in [-0.4, -0.2) is 6.36 Å².